The van der Waals surface area contributed by atoms with Crippen molar-refractivity contribution in [3.63, 3.8) is 0 Å². The number of hydrogen-bond donors (Lipinski definition) is 3. The molecule has 0 radical (unpaired) electrons. The molecule has 0 bridgehead atoms. The van der Waals surface area contributed by atoms with Crippen molar-refractivity contribution in [2.45, 2.75) is 29.9 Å². The lowest BCUT2D eigenvalue weighted by Crippen LogP contribution is -2.55. The Morgan fingerprint density at radius 3 is 2.62 bits per heavy atom. The van der Waals surface area contributed by atoms with E-state index in [1.807, 2.05) is 0 Å². The van der Waals surface area contributed by atoms with Crippen LogP contribution in [0.2, 0.25) is 0 Å². The molecule has 4 N–H and O–H groups in total. The molecule has 1 saturated carbocycles. The molecule has 0 aromatic carbocycles. The lowest BCUT2D eigenvalue weighted by atomic mass is 9.82. The first kappa shape index (κ1) is 10.4. The number of aliphatic hydroxyl groups is 2. The van der Waals surface area contributed by atoms with Crippen molar-refractivity contribution in [3.05, 3.63) is 0 Å². The average molecular weight is 208 g/mol. The second-order valence-corrected chi connectivity index (χ2v) is 3.76. The van der Waals surface area contributed by atoms with Gasteiger partial charge in [-0.05, 0) is 0 Å². The maximum atomic E-state index is 11.0. The summed E-state index contributed by atoms with van der Waals surface area (Å²) in [5.74, 6) is -1.65. The van der Waals surface area contributed by atoms with E-state index in [-0.39, 0.29) is 6.42 Å². The highest BCUT2D eigenvalue weighted by Gasteiger charge is 2.47. The molecule has 0 unspecified atom stereocenters. The molecule has 0 saturated heterocycles. The fourth-order valence-corrected chi connectivity index (χ4v) is 1.68. The van der Waals surface area contributed by atoms with E-state index in [1.54, 1.807) is 0 Å². The van der Waals surface area contributed by atoms with E-state index < -0.39 is 35.2 Å². The summed E-state index contributed by atoms with van der Waals surface area (Å²) >= 11 is 5.55. The number of ketones is 1. The number of hydrogen-bond acceptors (Lipinski definition) is 4. The Balaban J connectivity index is 2.85. The Labute approximate surface area is 79.5 Å². The Kier molecular flexibility index (Phi) is 2.61. The van der Waals surface area contributed by atoms with Gasteiger partial charge in [0.25, 0.3) is 0 Å². The molecule has 5 nitrogen and oxygen atoms in total. The molecule has 13 heavy (non-hydrogen) atoms. The minimum atomic E-state index is -1.90. The van der Waals surface area contributed by atoms with Crippen LogP contribution < -0.4 is 5.73 Å². The minimum absolute atomic E-state index is 0.198. The van der Waals surface area contributed by atoms with Crippen LogP contribution in [0, 0.1) is 0 Å². The number of Topliss-reactive ketones (excluding diaryl/α,β-unsaturated/α-hetero) is 1. The smallest absolute Gasteiger partial charge is 0.249 e. The largest absolute Gasteiger partial charge is 0.384 e. The van der Waals surface area contributed by atoms with Crippen molar-refractivity contribution < 1.29 is 19.8 Å². The van der Waals surface area contributed by atoms with E-state index in [0.717, 1.165) is 0 Å². The Bertz CT molecular complexity index is 257. The minimum Gasteiger partial charge on any atom is -0.384 e. The van der Waals surface area contributed by atoms with Gasteiger partial charge in [0, 0.05) is 12.8 Å². The first-order valence-corrected chi connectivity index (χ1v) is 4.17. The molecule has 0 aliphatic heterocycles. The van der Waals surface area contributed by atoms with Crippen LogP contribution >= 0.6 is 11.6 Å². The van der Waals surface area contributed by atoms with Gasteiger partial charge < -0.3 is 15.9 Å². The first-order valence-electron chi connectivity index (χ1n) is 3.74. The standard InChI is InChI=1S/C7H10ClNO4/c8-3-1-7(13,6(9)12)2-4(10)5(3)11/h3,5,11,13H,1-2H2,(H2,9,12)/t3-,5+,7-/m1/s1. The third-order valence-electron chi connectivity index (χ3n) is 2.13. The maximum Gasteiger partial charge on any atom is 0.249 e. The molecule has 1 aliphatic rings. The molecule has 1 amide bonds. The zero-order chi connectivity index (χ0) is 10.2. The van der Waals surface area contributed by atoms with E-state index in [2.05, 4.69) is 0 Å². The molecule has 1 rings (SSSR count). The summed E-state index contributed by atoms with van der Waals surface area (Å²) in [6.07, 6.45) is -1.98. The highest BCUT2D eigenvalue weighted by atomic mass is 35.5. The third kappa shape index (κ3) is 1.82. The highest BCUT2D eigenvalue weighted by Crippen LogP contribution is 2.29. The van der Waals surface area contributed by atoms with Gasteiger partial charge in [-0.3, -0.25) is 9.59 Å². The second kappa shape index (κ2) is 3.25. The number of aliphatic hydroxyl groups excluding tert-OH is 1. The van der Waals surface area contributed by atoms with Crippen LogP contribution in [0.4, 0.5) is 0 Å². The topological polar surface area (TPSA) is 101 Å². The molecule has 1 fully saturated rings. The Hall–Kier alpha value is -0.650. The van der Waals surface area contributed by atoms with Crippen molar-refractivity contribution >= 4 is 23.3 Å². The Morgan fingerprint density at radius 2 is 2.23 bits per heavy atom. The van der Waals surface area contributed by atoms with Crippen molar-refractivity contribution in [3.8, 4) is 0 Å². The van der Waals surface area contributed by atoms with E-state index >= 15 is 0 Å². The van der Waals surface area contributed by atoms with Crippen molar-refractivity contribution in [2.24, 2.45) is 5.73 Å². The van der Waals surface area contributed by atoms with Crippen LogP contribution in [0.5, 0.6) is 0 Å². The summed E-state index contributed by atoms with van der Waals surface area (Å²) in [6.45, 7) is 0. The van der Waals surface area contributed by atoms with Gasteiger partial charge in [-0.25, -0.2) is 0 Å². The number of amides is 1. The summed E-state index contributed by atoms with van der Waals surface area (Å²) in [6, 6.07) is 0. The third-order valence-corrected chi connectivity index (χ3v) is 2.52. The van der Waals surface area contributed by atoms with Crippen molar-refractivity contribution in [1.82, 2.24) is 0 Å². The van der Waals surface area contributed by atoms with Crippen LogP contribution in [-0.4, -0.2) is 39.0 Å². The van der Waals surface area contributed by atoms with Gasteiger partial charge in [-0.1, -0.05) is 0 Å². The molecular weight excluding hydrogens is 198 g/mol. The van der Waals surface area contributed by atoms with E-state index in [1.165, 1.54) is 0 Å². The predicted molar refractivity (Wildman–Crippen MR) is 44.0 cm³/mol. The van der Waals surface area contributed by atoms with Gasteiger partial charge in [-0.15, -0.1) is 11.6 Å². The molecule has 0 spiro atoms. The first-order chi connectivity index (χ1) is 5.87. The summed E-state index contributed by atoms with van der Waals surface area (Å²) < 4.78 is 0. The van der Waals surface area contributed by atoms with Crippen LogP contribution in [0.15, 0.2) is 0 Å². The lowest BCUT2D eigenvalue weighted by molar-refractivity contribution is -0.151. The van der Waals surface area contributed by atoms with Gasteiger partial charge >= 0.3 is 0 Å². The van der Waals surface area contributed by atoms with Crippen molar-refractivity contribution in [1.29, 1.82) is 0 Å². The number of halogens is 1. The number of carbonyl (C=O) groups is 2. The Morgan fingerprint density at radius 1 is 1.69 bits per heavy atom. The number of nitrogens with two attached hydrogens (primary N) is 1. The lowest BCUT2D eigenvalue weighted by Gasteiger charge is -2.33. The molecule has 6 heteroatoms. The SMILES string of the molecule is NC(=O)[C@]1(O)CC(=O)[C@@H](O)[C@H](Cl)C1. The highest BCUT2D eigenvalue weighted by molar-refractivity contribution is 6.23. The van der Waals surface area contributed by atoms with Crippen LogP contribution in [0.1, 0.15) is 12.8 Å². The van der Waals surface area contributed by atoms with Gasteiger partial charge in [0.15, 0.2) is 11.4 Å². The summed E-state index contributed by atoms with van der Waals surface area (Å²) in [4.78, 5) is 21.8. The van der Waals surface area contributed by atoms with E-state index in [0.29, 0.717) is 0 Å². The van der Waals surface area contributed by atoms with Crippen LogP contribution in [0.25, 0.3) is 0 Å². The molecule has 0 aromatic rings. The summed E-state index contributed by atoms with van der Waals surface area (Å²) in [5, 5.41) is 17.7. The monoisotopic (exact) mass is 207 g/mol. The molecule has 74 valence electrons. The fraction of sp³-hybridized carbons (Fsp3) is 0.714. The molecule has 1 aliphatic carbocycles. The van der Waals surface area contributed by atoms with Crippen LogP contribution in [-0.2, 0) is 9.59 Å². The number of primary amides is 1. The zero-order valence-corrected chi connectivity index (χ0v) is 7.49. The normalized spacial score (nSPS) is 40.4. The van der Waals surface area contributed by atoms with E-state index in [4.69, 9.17) is 22.4 Å². The zero-order valence-electron chi connectivity index (χ0n) is 6.74. The van der Waals surface area contributed by atoms with Gasteiger partial charge in [0.05, 0.1) is 5.38 Å². The van der Waals surface area contributed by atoms with Crippen molar-refractivity contribution in [2.75, 3.05) is 0 Å². The maximum absolute atomic E-state index is 11.0. The van der Waals surface area contributed by atoms with Gasteiger partial charge in [-0.2, -0.15) is 0 Å². The van der Waals surface area contributed by atoms with Crippen LogP contribution in [0.3, 0.4) is 0 Å². The van der Waals surface area contributed by atoms with Gasteiger partial charge in [0.1, 0.15) is 6.10 Å². The molecular formula is C7H10ClNO4. The number of rotatable bonds is 1. The second-order valence-electron chi connectivity index (χ2n) is 3.20. The summed E-state index contributed by atoms with van der Waals surface area (Å²) in [7, 11) is 0. The average Bonchev–Trinajstić information content (AvgIpc) is 2.00. The quantitative estimate of drug-likeness (QED) is 0.457. The summed E-state index contributed by atoms with van der Waals surface area (Å²) in [5.41, 5.74) is 2.99. The predicted octanol–water partition coefficient (Wildman–Crippen LogP) is -1.47. The molecule has 3 atom stereocenters. The number of carbonyl (C=O) groups excluding carboxylic acids is 2. The van der Waals surface area contributed by atoms with Gasteiger partial charge in [0.2, 0.25) is 5.91 Å². The van der Waals surface area contributed by atoms with E-state index in [9.17, 15) is 14.7 Å². The fourth-order valence-electron chi connectivity index (χ4n) is 1.29. The number of alkyl halides is 1. The molecule has 0 aromatic heterocycles. The molecule has 0 heterocycles.